The lowest BCUT2D eigenvalue weighted by atomic mass is 10.0. The van der Waals surface area contributed by atoms with Crippen molar-refractivity contribution in [3.63, 3.8) is 0 Å². The molecule has 2 unspecified atom stereocenters. The highest BCUT2D eigenvalue weighted by Crippen LogP contribution is 2.38. The molecule has 0 bridgehead atoms. The summed E-state index contributed by atoms with van der Waals surface area (Å²) in [5.41, 5.74) is 0. The third-order valence-corrected chi connectivity index (χ3v) is 16.5. The Labute approximate surface area is 508 Å². The maximum absolute atomic E-state index is 12.9. The fourth-order valence-corrected chi connectivity index (χ4v) is 10.9. The van der Waals surface area contributed by atoms with E-state index in [9.17, 15) is 19.0 Å². The molecular formula is C72H134NO8P. The number of phosphoric acid groups is 1. The molecule has 0 aliphatic carbocycles. The number of quaternary nitrogens is 1. The smallest absolute Gasteiger partial charge is 0.306 e. The summed E-state index contributed by atoms with van der Waals surface area (Å²) in [5.74, 6) is -0.819. The van der Waals surface area contributed by atoms with E-state index < -0.39 is 26.5 Å². The van der Waals surface area contributed by atoms with Crippen LogP contribution in [0.5, 0.6) is 0 Å². The first-order chi connectivity index (χ1) is 40.0. The lowest BCUT2D eigenvalue weighted by Gasteiger charge is -2.28. The zero-order valence-corrected chi connectivity index (χ0v) is 55.6. The number of hydrogen-bond donors (Lipinski definition) is 0. The first-order valence-electron chi connectivity index (χ1n) is 35.0. The van der Waals surface area contributed by atoms with Crippen LogP contribution < -0.4 is 4.89 Å². The highest BCUT2D eigenvalue weighted by atomic mass is 31.2. The van der Waals surface area contributed by atoms with Crippen LogP contribution in [0.25, 0.3) is 0 Å². The Morgan fingerprint density at radius 3 is 1.04 bits per heavy atom. The molecule has 0 N–H and O–H groups in total. The minimum absolute atomic E-state index is 0.0304. The number of unbranched alkanes of at least 4 members (excludes halogenated alkanes) is 41. The molecule has 0 aromatic rings. The van der Waals surface area contributed by atoms with Crippen LogP contribution in [0.2, 0.25) is 0 Å². The van der Waals surface area contributed by atoms with E-state index in [1.165, 1.54) is 231 Å². The van der Waals surface area contributed by atoms with Crippen molar-refractivity contribution in [2.24, 2.45) is 0 Å². The monoisotopic (exact) mass is 1170 g/mol. The molecule has 0 spiro atoms. The number of hydrogen-bond acceptors (Lipinski definition) is 8. The topological polar surface area (TPSA) is 111 Å². The van der Waals surface area contributed by atoms with Gasteiger partial charge in [-0.3, -0.25) is 14.2 Å². The zero-order valence-electron chi connectivity index (χ0n) is 54.7. The average Bonchev–Trinajstić information content (AvgIpc) is 3.45. The van der Waals surface area contributed by atoms with Crippen molar-refractivity contribution >= 4 is 19.8 Å². The summed E-state index contributed by atoms with van der Waals surface area (Å²) >= 11 is 0. The number of allylic oxidation sites excluding steroid dienone is 10. The summed E-state index contributed by atoms with van der Waals surface area (Å²) in [4.78, 5) is 38.1. The van der Waals surface area contributed by atoms with Gasteiger partial charge in [0.05, 0.1) is 27.7 Å². The van der Waals surface area contributed by atoms with Gasteiger partial charge in [0, 0.05) is 12.8 Å². The van der Waals surface area contributed by atoms with Gasteiger partial charge in [-0.05, 0) is 57.8 Å². The molecule has 0 radical (unpaired) electrons. The minimum atomic E-state index is -4.64. The van der Waals surface area contributed by atoms with Crippen molar-refractivity contribution in [2.45, 2.75) is 341 Å². The zero-order chi connectivity index (χ0) is 59.8. The van der Waals surface area contributed by atoms with Crippen LogP contribution in [0.15, 0.2) is 60.8 Å². The molecule has 480 valence electrons. The Morgan fingerprint density at radius 1 is 0.390 bits per heavy atom. The van der Waals surface area contributed by atoms with Crippen molar-refractivity contribution in [1.82, 2.24) is 0 Å². The van der Waals surface area contributed by atoms with E-state index >= 15 is 0 Å². The summed E-state index contributed by atoms with van der Waals surface area (Å²) in [6, 6.07) is 0. The number of ether oxygens (including phenoxy) is 2. The van der Waals surface area contributed by atoms with E-state index in [-0.39, 0.29) is 32.0 Å². The van der Waals surface area contributed by atoms with Crippen LogP contribution in [0.4, 0.5) is 0 Å². The van der Waals surface area contributed by atoms with E-state index in [1.807, 2.05) is 21.1 Å². The van der Waals surface area contributed by atoms with Crippen LogP contribution in [0.3, 0.4) is 0 Å². The molecule has 0 aromatic heterocycles. The lowest BCUT2D eigenvalue weighted by Crippen LogP contribution is -2.37. The molecule has 0 aliphatic heterocycles. The van der Waals surface area contributed by atoms with Crippen molar-refractivity contribution in [1.29, 1.82) is 0 Å². The second-order valence-corrected chi connectivity index (χ2v) is 26.3. The van der Waals surface area contributed by atoms with Gasteiger partial charge in [-0.25, -0.2) is 0 Å². The lowest BCUT2D eigenvalue weighted by molar-refractivity contribution is -0.870. The van der Waals surface area contributed by atoms with Gasteiger partial charge in [0.2, 0.25) is 0 Å². The second-order valence-electron chi connectivity index (χ2n) is 24.9. The Kier molecular flexibility index (Phi) is 61.5. The van der Waals surface area contributed by atoms with Crippen LogP contribution >= 0.6 is 7.82 Å². The van der Waals surface area contributed by atoms with E-state index in [1.54, 1.807) is 0 Å². The largest absolute Gasteiger partial charge is 0.756 e. The van der Waals surface area contributed by atoms with Gasteiger partial charge in [0.1, 0.15) is 19.8 Å². The maximum atomic E-state index is 12.9. The van der Waals surface area contributed by atoms with Gasteiger partial charge in [0.15, 0.2) is 6.10 Å². The Hall–Kier alpha value is -2.29. The summed E-state index contributed by atoms with van der Waals surface area (Å²) < 4.78 is 34.3. The van der Waals surface area contributed by atoms with Gasteiger partial charge < -0.3 is 27.9 Å². The number of carbonyl (C=O) groups is 2. The Bertz CT molecular complexity index is 1570. The van der Waals surface area contributed by atoms with Gasteiger partial charge >= 0.3 is 11.9 Å². The fourth-order valence-electron chi connectivity index (χ4n) is 10.2. The van der Waals surface area contributed by atoms with E-state index in [0.29, 0.717) is 17.4 Å². The number of esters is 2. The standard InChI is InChI=1S/C72H134NO8P/c1-6-8-10-12-14-16-18-20-22-24-26-28-30-32-34-36-38-40-42-44-46-48-50-52-54-56-58-60-62-64-71(74)78-68-70(69-80-82(76,77)79-67-66-73(3,4)5)81-72(75)65-63-61-59-57-55-53-51-49-47-45-43-41-39-37-35-33-31-29-27-25-23-21-19-17-15-13-11-9-7-2/h9,11,15,17,21,23,27,29,33,35,70H,6-8,10,12-14,16,18-20,22,24-26,28,30-32,34,36-69H2,1-5H3/b11-9-,17-15-,23-21-,29-27-,35-33-. The number of phosphoric ester groups is 1. The van der Waals surface area contributed by atoms with Crippen molar-refractivity contribution < 1.29 is 42.1 Å². The number of likely N-dealkylation sites (N-methyl/N-ethyl adjacent to an activating group) is 1. The molecule has 0 saturated carbocycles. The normalized spacial score (nSPS) is 13.5. The quantitative estimate of drug-likeness (QED) is 0.0195. The van der Waals surface area contributed by atoms with Crippen LogP contribution in [-0.2, 0) is 32.7 Å². The van der Waals surface area contributed by atoms with E-state index in [2.05, 4.69) is 74.6 Å². The summed E-state index contributed by atoms with van der Waals surface area (Å²) in [5, 5.41) is 0. The van der Waals surface area contributed by atoms with Crippen LogP contribution in [0.1, 0.15) is 335 Å². The number of nitrogens with zero attached hydrogens (tertiary/aromatic N) is 1. The predicted molar refractivity (Wildman–Crippen MR) is 351 cm³/mol. The van der Waals surface area contributed by atoms with Crippen molar-refractivity contribution in [3.8, 4) is 0 Å². The first kappa shape index (κ1) is 79.7. The highest BCUT2D eigenvalue weighted by Gasteiger charge is 2.22. The third-order valence-electron chi connectivity index (χ3n) is 15.6. The van der Waals surface area contributed by atoms with Gasteiger partial charge in [-0.2, -0.15) is 0 Å². The van der Waals surface area contributed by atoms with Gasteiger partial charge in [-0.1, -0.05) is 325 Å². The average molecular weight is 1170 g/mol. The summed E-state index contributed by atoms with van der Waals surface area (Å²) in [6.07, 6.45) is 83.0. The molecule has 0 aliphatic rings. The number of carbonyl (C=O) groups excluding carboxylic acids is 2. The molecule has 82 heavy (non-hydrogen) atoms. The van der Waals surface area contributed by atoms with Gasteiger partial charge in [-0.15, -0.1) is 0 Å². The summed E-state index contributed by atoms with van der Waals surface area (Å²) in [7, 11) is 1.18. The SMILES string of the molecule is CC/C=C\C/C=C\C/C=C\C/C=C\C/C=C\CCCCCCCCCCCCCCCC(=O)OC(COC(=O)CCCCCCCCCCCCCCCCCCCCCCCCCCCCCCC)COP(=O)([O-])OCC[N+](C)(C)C. The van der Waals surface area contributed by atoms with Gasteiger partial charge in [0.25, 0.3) is 7.82 Å². The van der Waals surface area contributed by atoms with E-state index in [0.717, 1.165) is 70.6 Å². The predicted octanol–water partition coefficient (Wildman–Crippen LogP) is 22.0. The minimum Gasteiger partial charge on any atom is -0.756 e. The van der Waals surface area contributed by atoms with Crippen molar-refractivity contribution in [3.05, 3.63) is 60.8 Å². The molecule has 9 nitrogen and oxygen atoms in total. The van der Waals surface area contributed by atoms with Crippen LogP contribution in [0, 0.1) is 0 Å². The molecule has 2 atom stereocenters. The molecule has 0 heterocycles. The molecule has 0 fully saturated rings. The Morgan fingerprint density at radius 2 is 0.695 bits per heavy atom. The van der Waals surface area contributed by atoms with Crippen molar-refractivity contribution in [2.75, 3.05) is 47.5 Å². The molecule has 0 saturated heterocycles. The molecule has 0 rings (SSSR count). The Balaban J connectivity index is 4.02. The first-order valence-corrected chi connectivity index (χ1v) is 36.5. The fraction of sp³-hybridized carbons (Fsp3) is 0.833. The molecule has 0 amide bonds. The highest BCUT2D eigenvalue weighted by molar-refractivity contribution is 7.45. The molecule has 10 heteroatoms. The second kappa shape index (κ2) is 63.2. The number of rotatable bonds is 65. The van der Waals surface area contributed by atoms with Crippen LogP contribution in [-0.4, -0.2) is 70.0 Å². The third kappa shape index (κ3) is 66.8. The molecular weight excluding hydrogens is 1040 g/mol. The molecule has 0 aromatic carbocycles. The summed E-state index contributed by atoms with van der Waals surface area (Å²) in [6.45, 7) is 4.18. The van der Waals surface area contributed by atoms with E-state index in [4.69, 9.17) is 18.5 Å². The maximum Gasteiger partial charge on any atom is 0.306 e.